The Labute approximate surface area is 123 Å². The molecule has 114 valence electrons. The van der Waals surface area contributed by atoms with E-state index < -0.39 is 0 Å². The first-order valence-electron chi connectivity index (χ1n) is 7.21. The fourth-order valence-corrected chi connectivity index (χ4v) is 2.16. The van der Waals surface area contributed by atoms with E-state index in [-0.39, 0.29) is 24.6 Å². The molecule has 0 radical (unpaired) electrons. The van der Waals surface area contributed by atoms with Crippen LogP contribution < -0.4 is 5.32 Å². The summed E-state index contributed by atoms with van der Waals surface area (Å²) in [5.41, 5.74) is 0.537. The second-order valence-electron chi connectivity index (χ2n) is 4.89. The minimum Gasteiger partial charge on any atom is -0.464 e. The molecule has 0 bridgehead atoms. The lowest BCUT2D eigenvalue weighted by molar-refractivity contribution is -0.144. The average Bonchev–Trinajstić information content (AvgIpc) is 3.03. The van der Waals surface area contributed by atoms with Gasteiger partial charge in [-0.25, -0.2) is 0 Å². The summed E-state index contributed by atoms with van der Waals surface area (Å²) in [5.74, 6) is -0.448. The smallest absolute Gasteiger partial charge is 0.305 e. The summed E-state index contributed by atoms with van der Waals surface area (Å²) >= 11 is 0. The van der Waals surface area contributed by atoms with Crippen LogP contribution in [0.2, 0.25) is 0 Å². The minimum absolute atomic E-state index is 0.182. The molecular weight excluding hydrogens is 272 g/mol. The van der Waals surface area contributed by atoms with Crippen molar-refractivity contribution in [1.29, 1.82) is 0 Å². The van der Waals surface area contributed by atoms with Crippen LogP contribution in [0.4, 0.5) is 0 Å². The van der Waals surface area contributed by atoms with E-state index in [1.165, 1.54) is 0 Å². The summed E-state index contributed by atoms with van der Waals surface area (Å²) in [7, 11) is 0. The normalized spacial score (nSPS) is 17.4. The van der Waals surface area contributed by atoms with E-state index in [1.807, 2.05) is 0 Å². The SMILES string of the molecule is O=C(CCC1CCCO1)OCCNC(=O)c1ccncc1. The maximum Gasteiger partial charge on any atom is 0.305 e. The Balaban J connectivity index is 1.54. The van der Waals surface area contributed by atoms with Crippen LogP contribution in [0.1, 0.15) is 36.0 Å². The number of pyridine rings is 1. The van der Waals surface area contributed by atoms with Gasteiger partial charge in [-0.2, -0.15) is 0 Å². The van der Waals surface area contributed by atoms with Crippen LogP contribution in [0.5, 0.6) is 0 Å². The Morgan fingerprint density at radius 1 is 1.38 bits per heavy atom. The Morgan fingerprint density at radius 2 is 2.19 bits per heavy atom. The van der Waals surface area contributed by atoms with Crippen LogP contribution in [-0.4, -0.2) is 42.7 Å². The van der Waals surface area contributed by atoms with Crippen molar-refractivity contribution in [3.05, 3.63) is 30.1 Å². The predicted octanol–water partition coefficient (Wildman–Crippen LogP) is 1.31. The molecular formula is C15H20N2O4. The molecule has 2 rings (SSSR count). The van der Waals surface area contributed by atoms with E-state index in [1.54, 1.807) is 24.5 Å². The van der Waals surface area contributed by atoms with Gasteiger partial charge in [-0.3, -0.25) is 14.6 Å². The average molecular weight is 292 g/mol. The van der Waals surface area contributed by atoms with Gasteiger partial charge in [0.1, 0.15) is 6.61 Å². The molecule has 0 spiro atoms. The van der Waals surface area contributed by atoms with Gasteiger partial charge < -0.3 is 14.8 Å². The number of nitrogens with zero attached hydrogens (tertiary/aromatic N) is 1. The molecule has 0 saturated carbocycles. The molecule has 21 heavy (non-hydrogen) atoms. The number of amides is 1. The highest BCUT2D eigenvalue weighted by atomic mass is 16.5. The summed E-state index contributed by atoms with van der Waals surface area (Å²) in [6.45, 7) is 1.27. The largest absolute Gasteiger partial charge is 0.464 e. The van der Waals surface area contributed by atoms with Crippen LogP contribution in [0, 0.1) is 0 Å². The van der Waals surface area contributed by atoms with Gasteiger partial charge in [0.15, 0.2) is 0 Å². The fourth-order valence-electron chi connectivity index (χ4n) is 2.16. The Hall–Kier alpha value is -1.95. The van der Waals surface area contributed by atoms with E-state index in [2.05, 4.69) is 10.3 Å². The first-order chi connectivity index (χ1) is 10.3. The van der Waals surface area contributed by atoms with Crippen molar-refractivity contribution in [3.63, 3.8) is 0 Å². The molecule has 1 aromatic heterocycles. The molecule has 1 N–H and O–H groups in total. The maximum atomic E-state index is 11.7. The zero-order valence-corrected chi connectivity index (χ0v) is 11.9. The van der Waals surface area contributed by atoms with Gasteiger partial charge in [0.25, 0.3) is 5.91 Å². The van der Waals surface area contributed by atoms with Gasteiger partial charge >= 0.3 is 5.97 Å². The van der Waals surface area contributed by atoms with Crippen LogP contribution in [0.25, 0.3) is 0 Å². The summed E-state index contributed by atoms with van der Waals surface area (Å²) in [4.78, 5) is 27.0. The summed E-state index contributed by atoms with van der Waals surface area (Å²) in [5, 5.41) is 2.68. The van der Waals surface area contributed by atoms with Crippen LogP contribution >= 0.6 is 0 Å². The fraction of sp³-hybridized carbons (Fsp3) is 0.533. The molecule has 1 saturated heterocycles. The molecule has 1 amide bonds. The number of carbonyl (C=O) groups excluding carboxylic acids is 2. The third-order valence-electron chi connectivity index (χ3n) is 3.29. The molecule has 2 heterocycles. The third-order valence-corrected chi connectivity index (χ3v) is 3.29. The number of rotatable bonds is 7. The van der Waals surface area contributed by atoms with Gasteiger partial charge in [-0.15, -0.1) is 0 Å². The van der Waals surface area contributed by atoms with Crippen molar-refractivity contribution in [2.45, 2.75) is 31.8 Å². The first-order valence-corrected chi connectivity index (χ1v) is 7.21. The van der Waals surface area contributed by atoms with Crippen LogP contribution in [0.3, 0.4) is 0 Å². The zero-order valence-electron chi connectivity index (χ0n) is 11.9. The number of ether oxygens (including phenoxy) is 2. The Bertz CT molecular complexity index is 458. The molecule has 1 aliphatic rings. The summed E-state index contributed by atoms with van der Waals surface area (Å²) in [6, 6.07) is 3.26. The maximum absolute atomic E-state index is 11.7. The van der Waals surface area contributed by atoms with Crippen molar-refractivity contribution < 1.29 is 19.1 Å². The van der Waals surface area contributed by atoms with Gasteiger partial charge in [0.05, 0.1) is 12.6 Å². The monoisotopic (exact) mass is 292 g/mol. The lowest BCUT2D eigenvalue weighted by Crippen LogP contribution is -2.28. The number of nitrogens with one attached hydrogen (secondary N) is 1. The van der Waals surface area contributed by atoms with Gasteiger partial charge in [-0.1, -0.05) is 0 Å². The summed E-state index contributed by atoms with van der Waals surface area (Å²) < 4.78 is 10.5. The highest BCUT2D eigenvalue weighted by molar-refractivity contribution is 5.93. The molecule has 1 aliphatic heterocycles. The zero-order chi connectivity index (χ0) is 14.9. The summed E-state index contributed by atoms with van der Waals surface area (Å²) in [6.07, 6.45) is 6.48. The van der Waals surface area contributed by atoms with Gasteiger partial charge in [-0.05, 0) is 31.4 Å². The second-order valence-corrected chi connectivity index (χ2v) is 4.89. The van der Waals surface area contributed by atoms with Crippen molar-refractivity contribution in [3.8, 4) is 0 Å². The number of esters is 1. The van der Waals surface area contributed by atoms with Gasteiger partial charge in [0, 0.05) is 31.0 Å². The molecule has 1 fully saturated rings. The quantitative estimate of drug-likeness (QED) is 0.605. The van der Waals surface area contributed by atoms with E-state index in [9.17, 15) is 9.59 Å². The molecule has 6 nitrogen and oxygen atoms in total. The van der Waals surface area contributed by atoms with Crippen molar-refractivity contribution in [2.75, 3.05) is 19.8 Å². The second kappa shape index (κ2) is 8.36. The van der Waals surface area contributed by atoms with Crippen molar-refractivity contribution >= 4 is 11.9 Å². The highest BCUT2D eigenvalue weighted by Gasteiger charge is 2.17. The molecule has 6 heteroatoms. The number of hydrogen-bond acceptors (Lipinski definition) is 5. The number of hydrogen-bond donors (Lipinski definition) is 1. The van der Waals surface area contributed by atoms with Gasteiger partial charge in [0.2, 0.25) is 0 Å². The lowest BCUT2D eigenvalue weighted by Gasteiger charge is -2.09. The van der Waals surface area contributed by atoms with E-state index in [4.69, 9.17) is 9.47 Å². The molecule has 1 unspecified atom stereocenters. The molecule has 0 aliphatic carbocycles. The number of aromatic nitrogens is 1. The topological polar surface area (TPSA) is 77.5 Å². The first kappa shape index (κ1) is 15.4. The minimum atomic E-state index is -0.247. The highest BCUT2D eigenvalue weighted by Crippen LogP contribution is 2.16. The lowest BCUT2D eigenvalue weighted by atomic mass is 10.1. The molecule has 0 aromatic carbocycles. The Kier molecular flexibility index (Phi) is 6.15. The van der Waals surface area contributed by atoms with E-state index in [0.29, 0.717) is 24.9 Å². The molecule has 1 atom stereocenters. The standard InChI is InChI=1S/C15H20N2O4/c18-14(4-3-13-2-1-10-20-13)21-11-9-17-15(19)12-5-7-16-8-6-12/h5-8,13H,1-4,9-11H2,(H,17,19). The predicted molar refractivity (Wildman–Crippen MR) is 75.7 cm³/mol. The van der Waals surface area contributed by atoms with E-state index in [0.717, 1.165) is 19.4 Å². The molecule has 1 aromatic rings. The third kappa shape index (κ3) is 5.51. The van der Waals surface area contributed by atoms with Crippen LogP contribution in [0.15, 0.2) is 24.5 Å². The Morgan fingerprint density at radius 3 is 2.90 bits per heavy atom. The van der Waals surface area contributed by atoms with E-state index >= 15 is 0 Å². The van der Waals surface area contributed by atoms with Crippen molar-refractivity contribution in [2.24, 2.45) is 0 Å². The van der Waals surface area contributed by atoms with Crippen molar-refractivity contribution in [1.82, 2.24) is 10.3 Å². The van der Waals surface area contributed by atoms with Crippen LogP contribution in [-0.2, 0) is 14.3 Å². The number of carbonyl (C=O) groups is 2.